The molecular formula is C23H22F4N2O4. The normalized spacial score (nSPS) is 14.2. The fourth-order valence-corrected chi connectivity index (χ4v) is 3.91. The van der Waals surface area contributed by atoms with E-state index in [0.29, 0.717) is 5.56 Å². The zero-order chi connectivity index (χ0) is 24.8. The minimum atomic E-state index is -5.33. The topological polar surface area (TPSA) is 92.4 Å². The van der Waals surface area contributed by atoms with Gasteiger partial charge in [0.15, 0.2) is 0 Å². The Morgan fingerprint density at radius 3 is 2.39 bits per heavy atom. The third kappa shape index (κ3) is 4.61. The molecular weight excluding hydrogens is 444 g/mol. The second-order valence-electron chi connectivity index (χ2n) is 8.65. The molecule has 0 bridgehead atoms. The molecule has 0 fully saturated rings. The lowest BCUT2D eigenvalue weighted by Gasteiger charge is -2.37. The van der Waals surface area contributed by atoms with Crippen LogP contribution in [0, 0.1) is 19.7 Å². The Hall–Kier alpha value is -3.27. The number of aryl methyl sites for hydroxylation is 2. The van der Waals surface area contributed by atoms with Crippen LogP contribution in [0.2, 0.25) is 0 Å². The summed E-state index contributed by atoms with van der Waals surface area (Å²) in [7, 11) is 0. The van der Waals surface area contributed by atoms with Gasteiger partial charge in [-0.3, -0.25) is 4.79 Å². The Morgan fingerprint density at radius 2 is 1.76 bits per heavy atom. The molecule has 1 unspecified atom stereocenters. The number of carbonyl (C=O) groups excluding carboxylic acids is 1. The number of aliphatic hydroxyl groups is 1. The summed E-state index contributed by atoms with van der Waals surface area (Å²) in [5.74, 6) is -2.35. The van der Waals surface area contributed by atoms with Gasteiger partial charge in [-0.05, 0) is 60.7 Å². The molecule has 33 heavy (non-hydrogen) atoms. The van der Waals surface area contributed by atoms with Crippen LogP contribution in [0.15, 0.2) is 45.7 Å². The second-order valence-corrected chi connectivity index (χ2v) is 8.65. The molecule has 0 saturated heterocycles. The number of anilines is 1. The molecule has 0 aliphatic rings. The average Bonchev–Trinajstić information content (AvgIpc) is 2.71. The highest BCUT2D eigenvalue weighted by Gasteiger charge is 2.61. The van der Waals surface area contributed by atoms with Crippen molar-refractivity contribution in [2.45, 2.75) is 51.3 Å². The molecule has 176 valence electrons. The average molecular weight is 466 g/mol. The maximum absolute atomic E-state index is 14.0. The Balaban J connectivity index is 1.99. The zero-order valence-electron chi connectivity index (χ0n) is 18.3. The minimum absolute atomic E-state index is 0.0783. The van der Waals surface area contributed by atoms with Gasteiger partial charge >= 0.3 is 11.8 Å². The van der Waals surface area contributed by atoms with Gasteiger partial charge in [0.2, 0.25) is 5.60 Å². The first-order chi connectivity index (χ1) is 15.2. The first-order valence-electron chi connectivity index (χ1n) is 9.93. The Kier molecular flexibility index (Phi) is 6.10. The summed E-state index contributed by atoms with van der Waals surface area (Å²) in [4.78, 5) is 24.5. The number of alkyl halides is 3. The predicted octanol–water partition coefficient (Wildman–Crippen LogP) is 4.54. The van der Waals surface area contributed by atoms with E-state index in [1.165, 1.54) is 51.1 Å². The molecule has 3 rings (SSSR count). The molecule has 0 aliphatic heterocycles. The molecule has 2 aromatic carbocycles. The van der Waals surface area contributed by atoms with Gasteiger partial charge in [0.1, 0.15) is 5.82 Å². The van der Waals surface area contributed by atoms with Gasteiger partial charge in [0.25, 0.3) is 5.91 Å². The molecule has 3 aromatic rings. The zero-order valence-corrected chi connectivity index (χ0v) is 18.3. The van der Waals surface area contributed by atoms with Crippen LogP contribution in [0.3, 0.4) is 0 Å². The molecule has 0 spiro atoms. The number of fused-ring (bicyclic) bond motifs is 1. The number of carbonyl (C=O) groups is 1. The van der Waals surface area contributed by atoms with E-state index in [9.17, 15) is 32.3 Å². The molecule has 0 saturated carbocycles. The Bertz CT molecular complexity index is 1280. The van der Waals surface area contributed by atoms with E-state index in [4.69, 9.17) is 0 Å². The van der Waals surface area contributed by atoms with Crippen LogP contribution >= 0.6 is 0 Å². The molecule has 2 N–H and O–H groups in total. The fourth-order valence-electron chi connectivity index (χ4n) is 3.91. The largest absolute Gasteiger partial charge is 0.426 e. The van der Waals surface area contributed by atoms with E-state index >= 15 is 0 Å². The second kappa shape index (κ2) is 8.26. The number of halogens is 4. The molecule has 1 atom stereocenters. The van der Waals surface area contributed by atoms with Gasteiger partial charge in [-0.25, -0.2) is 9.18 Å². The van der Waals surface area contributed by atoms with Crippen LogP contribution in [0.5, 0.6) is 0 Å². The summed E-state index contributed by atoms with van der Waals surface area (Å²) in [6.07, 6.45) is -6.39. The van der Waals surface area contributed by atoms with E-state index < -0.39 is 41.0 Å². The number of aromatic nitrogens is 1. The molecule has 6 nitrogen and oxygen atoms in total. The van der Waals surface area contributed by atoms with Crippen LogP contribution in [-0.2, 0) is 10.2 Å². The highest BCUT2D eigenvalue weighted by Crippen LogP contribution is 2.42. The van der Waals surface area contributed by atoms with Crippen LogP contribution in [-0.4, -0.2) is 27.9 Å². The summed E-state index contributed by atoms with van der Waals surface area (Å²) >= 11 is 0. The molecule has 1 aromatic heterocycles. The van der Waals surface area contributed by atoms with E-state index in [-0.39, 0.29) is 27.7 Å². The van der Waals surface area contributed by atoms with Crippen LogP contribution in [0.25, 0.3) is 10.8 Å². The maximum atomic E-state index is 14.0. The van der Waals surface area contributed by atoms with Crippen molar-refractivity contribution >= 4 is 22.4 Å². The van der Waals surface area contributed by atoms with Crippen LogP contribution in [0.4, 0.5) is 23.2 Å². The summed E-state index contributed by atoms with van der Waals surface area (Å²) < 4.78 is 60.4. The van der Waals surface area contributed by atoms with Gasteiger partial charge in [0.05, 0.1) is 11.1 Å². The van der Waals surface area contributed by atoms with Crippen molar-refractivity contribution < 1.29 is 32.0 Å². The highest BCUT2D eigenvalue weighted by molar-refractivity contribution is 5.99. The van der Waals surface area contributed by atoms with Crippen LogP contribution < -0.4 is 10.9 Å². The van der Waals surface area contributed by atoms with E-state index in [0.717, 1.165) is 6.07 Å². The predicted molar refractivity (Wildman–Crippen MR) is 113 cm³/mol. The summed E-state index contributed by atoms with van der Waals surface area (Å²) in [6.45, 7) is 5.91. The van der Waals surface area contributed by atoms with Gasteiger partial charge in [-0.15, -0.1) is 0 Å². The fraction of sp³-hybridized carbons (Fsp3) is 0.348. The lowest BCUT2D eigenvalue weighted by molar-refractivity contribution is -0.254. The van der Waals surface area contributed by atoms with Crippen molar-refractivity contribution in [3.63, 3.8) is 0 Å². The summed E-state index contributed by atoms with van der Waals surface area (Å²) in [5.41, 5.74) is -4.99. The Morgan fingerprint density at radius 1 is 1.09 bits per heavy atom. The van der Waals surface area contributed by atoms with Crippen molar-refractivity contribution in [2.24, 2.45) is 0 Å². The number of benzene rings is 2. The van der Waals surface area contributed by atoms with E-state index in [2.05, 4.69) is 15.0 Å². The SMILES string of the molecule is Cc1ccc(F)cc1C(C)(C)CC(O)(C(=O)Nc1ccc2c(=O)onc(C)c2c1)C(F)(F)F. The van der Waals surface area contributed by atoms with Gasteiger partial charge in [-0.2, -0.15) is 13.2 Å². The summed E-state index contributed by atoms with van der Waals surface area (Å²) in [5, 5.41) is 16.7. The first kappa shape index (κ1) is 24.4. The number of nitrogens with zero attached hydrogens (tertiary/aromatic N) is 1. The number of hydrogen-bond donors (Lipinski definition) is 2. The lowest BCUT2D eigenvalue weighted by atomic mass is 9.73. The maximum Gasteiger partial charge on any atom is 0.426 e. The monoisotopic (exact) mass is 466 g/mol. The van der Waals surface area contributed by atoms with Gasteiger partial charge in [-0.1, -0.05) is 25.1 Å². The summed E-state index contributed by atoms with van der Waals surface area (Å²) in [6, 6.07) is 7.45. The third-order valence-corrected chi connectivity index (χ3v) is 5.62. The third-order valence-electron chi connectivity index (χ3n) is 5.62. The van der Waals surface area contributed by atoms with Crippen molar-refractivity contribution in [2.75, 3.05) is 5.32 Å². The lowest BCUT2D eigenvalue weighted by Crippen LogP contribution is -2.57. The molecule has 0 aliphatic carbocycles. The Labute approximate surface area is 186 Å². The molecule has 0 radical (unpaired) electrons. The smallest absolute Gasteiger partial charge is 0.373 e. The van der Waals surface area contributed by atoms with E-state index in [1.54, 1.807) is 6.92 Å². The standard InChI is InChI=1S/C23H22F4N2O4/c1-12-5-6-14(24)9-18(12)21(3,4)11-22(32,23(25,26)27)20(31)28-15-7-8-16-17(10-15)13(2)29-33-19(16)30/h5-10,32H,11H2,1-4H3,(H,28,31). The van der Waals surface area contributed by atoms with Crippen molar-refractivity contribution in [3.8, 4) is 0 Å². The molecule has 10 heteroatoms. The van der Waals surface area contributed by atoms with Gasteiger partial charge in [0, 0.05) is 17.5 Å². The van der Waals surface area contributed by atoms with Crippen LogP contribution in [0.1, 0.15) is 37.1 Å². The number of hydrogen-bond acceptors (Lipinski definition) is 5. The quantitative estimate of drug-likeness (QED) is 0.539. The van der Waals surface area contributed by atoms with E-state index in [1.807, 2.05) is 0 Å². The number of amides is 1. The van der Waals surface area contributed by atoms with Crippen molar-refractivity contribution in [3.05, 3.63) is 69.5 Å². The minimum Gasteiger partial charge on any atom is -0.373 e. The highest BCUT2D eigenvalue weighted by atomic mass is 19.4. The van der Waals surface area contributed by atoms with Gasteiger partial charge < -0.3 is 14.9 Å². The molecule has 1 heterocycles. The van der Waals surface area contributed by atoms with Crippen molar-refractivity contribution in [1.82, 2.24) is 5.16 Å². The molecule has 1 amide bonds. The van der Waals surface area contributed by atoms with Crippen molar-refractivity contribution in [1.29, 1.82) is 0 Å². The number of rotatable bonds is 5. The first-order valence-corrected chi connectivity index (χ1v) is 9.93. The number of nitrogens with one attached hydrogen (secondary N) is 1.